The van der Waals surface area contributed by atoms with Gasteiger partial charge in [0.2, 0.25) is 0 Å². The zero-order chi connectivity index (χ0) is 13.1. The van der Waals surface area contributed by atoms with E-state index in [1.54, 1.807) is 25.3 Å². The van der Waals surface area contributed by atoms with E-state index < -0.39 is 0 Å². The van der Waals surface area contributed by atoms with Crippen LogP contribution < -0.4 is 4.74 Å². The number of aryl methyl sites for hydroxylation is 1. The van der Waals surface area contributed by atoms with Gasteiger partial charge in [0.15, 0.2) is 0 Å². The summed E-state index contributed by atoms with van der Waals surface area (Å²) in [5.41, 5.74) is 2.99. The highest BCUT2D eigenvalue weighted by molar-refractivity contribution is 6.30. The van der Waals surface area contributed by atoms with Gasteiger partial charge in [0.05, 0.1) is 7.11 Å². The van der Waals surface area contributed by atoms with E-state index in [0.29, 0.717) is 11.4 Å². The predicted octanol–water partition coefficient (Wildman–Crippen LogP) is 3.95. The number of phenols is 1. The third-order valence-corrected chi connectivity index (χ3v) is 3.09. The molecule has 2 aromatic carbocycles. The van der Waals surface area contributed by atoms with Gasteiger partial charge in [-0.3, -0.25) is 0 Å². The summed E-state index contributed by atoms with van der Waals surface area (Å²) in [4.78, 5) is 0. The molecule has 0 saturated carbocycles. The summed E-state index contributed by atoms with van der Waals surface area (Å²) < 4.78 is 5.33. The quantitative estimate of drug-likeness (QED) is 0.907. The van der Waals surface area contributed by atoms with Crippen molar-refractivity contribution in [3.05, 3.63) is 58.1 Å². The monoisotopic (exact) mass is 262 g/mol. The minimum atomic E-state index is 0.253. The van der Waals surface area contributed by atoms with Gasteiger partial charge >= 0.3 is 0 Å². The van der Waals surface area contributed by atoms with E-state index in [1.165, 1.54) is 0 Å². The number of aromatic hydroxyl groups is 1. The van der Waals surface area contributed by atoms with E-state index in [1.807, 2.05) is 19.1 Å². The van der Waals surface area contributed by atoms with Gasteiger partial charge in [0, 0.05) is 11.4 Å². The van der Waals surface area contributed by atoms with Crippen LogP contribution in [0.25, 0.3) is 0 Å². The second kappa shape index (κ2) is 5.32. The van der Waals surface area contributed by atoms with Crippen molar-refractivity contribution in [3.8, 4) is 11.5 Å². The van der Waals surface area contributed by atoms with Crippen molar-refractivity contribution in [1.29, 1.82) is 0 Å². The summed E-state index contributed by atoms with van der Waals surface area (Å²) in [7, 11) is 1.64. The molecule has 0 aliphatic rings. The van der Waals surface area contributed by atoms with E-state index in [9.17, 15) is 5.11 Å². The highest BCUT2D eigenvalue weighted by Gasteiger charge is 2.08. The van der Waals surface area contributed by atoms with Crippen LogP contribution in [-0.4, -0.2) is 12.2 Å². The van der Waals surface area contributed by atoms with E-state index in [2.05, 4.69) is 6.07 Å². The lowest BCUT2D eigenvalue weighted by Crippen LogP contribution is -1.95. The Kier molecular flexibility index (Phi) is 3.78. The molecule has 2 aromatic rings. The maximum atomic E-state index is 9.83. The summed E-state index contributed by atoms with van der Waals surface area (Å²) in [6, 6.07) is 11.1. The van der Waals surface area contributed by atoms with Crippen molar-refractivity contribution < 1.29 is 9.84 Å². The molecule has 0 heterocycles. The second-order valence-electron chi connectivity index (χ2n) is 4.27. The number of hydrogen-bond donors (Lipinski definition) is 1. The van der Waals surface area contributed by atoms with E-state index in [-0.39, 0.29) is 5.75 Å². The molecule has 2 rings (SSSR count). The number of rotatable bonds is 3. The highest BCUT2D eigenvalue weighted by Crippen LogP contribution is 2.28. The van der Waals surface area contributed by atoms with Crippen LogP contribution in [0.15, 0.2) is 36.4 Å². The summed E-state index contributed by atoms with van der Waals surface area (Å²) in [6.45, 7) is 2.03. The molecule has 0 atom stereocenters. The van der Waals surface area contributed by atoms with Gasteiger partial charge < -0.3 is 9.84 Å². The number of benzene rings is 2. The molecule has 0 unspecified atom stereocenters. The molecular weight excluding hydrogens is 248 g/mol. The highest BCUT2D eigenvalue weighted by atomic mass is 35.5. The summed E-state index contributed by atoms with van der Waals surface area (Å²) in [5, 5.41) is 10.4. The molecule has 18 heavy (non-hydrogen) atoms. The largest absolute Gasteiger partial charge is 0.508 e. The number of halogens is 1. The van der Waals surface area contributed by atoms with Crippen molar-refractivity contribution in [2.24, 2.45) is 0 Å². The predicted molar refractivity (Wildman–Crippen MR) is 73.7 cm³/mol. The number of hydrogen-bond acceptors (Lipinski definition) is 2. The Labute approximate surface area is 112 Å². The van der Waals surface area contributed by atoms with Crippen molar-refractivity contribution >= 4 is 11.6 Å². The number of phenolic OH excluding ortho intramolecular Hbond substituents is 1. The molecule has 1 N–H and O–H groups in total. The zero-order valence-corrected chi connectivity index (χ0v) is 11.2. The van der Waals surface area contributed by atoms with Gasteiger partial charge in [-0.25, -0.2) is 0 Å². The van der Waals surface area contributed by atoms with Crippen molar-refractivity contribution in [3.63, 3.8) is 0 Å². The Balaban J connectivity index is 2.38. The summed E-state index contributed by atoms with van der Waals surface area (Å²) >= 11 is 5.95. The van der Waals surface area contributed by atoms with Crippen LogP contribution in [0.4, 0.5) is 0 Å². The number of methoxy groups -OCH3 is 1. The molecule has 0 radical (unpaired) electrons. The maximum Gasteiger partial charge on any atom is 0.122 e. The Bertz CT molecular complexity index is 564. The Morgan fingerprint density at radius 1 is 1.11 bits per heavy atom. The molecule has 0 spiro atoms. The van der Waals surface area contributed by atoms with E-state index in [4.69, 9.17) is 16.3 Å². The van der Waals surface area contributed by atoms with Gasteiger partial charge in [-0.2, -0.15) is 0 Å². The first-order valence-corrected chi connectivity index (χ1v) is 6.09. The molecule has 0 amide bonds. The third kappa shape index (κ3) is 2.77. The van der Waals surface area contributed by atoms with Crippen molar-refractivity contribution in [2.75, 3.05) is 7.11 Å². The van der Waals surface area contributed by atoms with E-state index >= 15 is 0 Å². The lowest BCUT2D eigenvalue weighted by molar-refractivity contribution is 0.410. The van der Waals surface area contributed by atoms with Crippen molar-refractivity contribution in [2.45, 2.75) is 13.3 Å². The fraction of sp³-hybridized carbons (Fsp3) is 0.200. The standard InChI is InChI=1S/C15H15ClO2/c1-10-3-6-15(18-2)12(7-10)8-11-9-13(16)4-5-14(11)17/h3-7,9,17H,8H2,1-2H3. The molecule has 3 heteroatoms. The van der Waals surface area contributed by atoms with Crippen LogP contribution in [0.2, 0.25) is 5.02 Å². The van der Waals surface area contributed by atoms with Gasteiger partial charge in [0.1, 0.15) is 11.5 Å². The van der Waals surface area contributed by atoms with Crippen LogP contribution in [0.3, 0.4) is 0 Å². The Morgan fingerprint density at radius 3 is 2.61 bits per heavy atom. The molecule has 0 saturated heterocycles. The number of ether oxygens (including phenoxy) is 1. The smallest absolute Gasteiger partial charge is 0.122 e. The Hall–Kier alpha value is -1.67. The van der Waals surface area contributed by atoms with Gasteiger partial charge in [-0.05, 0) is 42.3 Å². The first-order valence-electron chi connectivity index (χ1n) is 5.71. The van der Waals surface area contributed by atoms with Crippen LogP contribution in [-0.2, 0) is 6.42 Å². The average molecular weight is 263 g/mol. The fourth-order valence-electron chi connectivity index (χ4n) is 1.95. The van der Waals surface area contributed by atoms with Crippen LogP contribution in [0, 0.1) is 6.92 Å². The normalized spacial score (nSPS) is 10.4. The van der Waals surface area contributed by atoms with Gasteiger partial charge in [-0.1, -0.05) is 29.3 Å². The van der Waals surface area contributed by atoms with Crippen molar-refractivity contribution in [1.82, 2.24) is 0 Å². The topological polar surface area (TPSA) is 29.5 Å². The molecular formula is C15H15ClO2. The lowest BCUT2D eigenvalue weighted by Gasteiger charge is -2.11. The SMILES string of the molecule is COc1ccc(C)cc1Cc1cc(Cl)ccc1O. The minimum Gasteiger partial charge on any atom is -0.508 e. The zero-order valence-electron chi connectivity index (χ0n) is 10.4. The first-order chi connectivity index (χ1) is 8.60. The molecule has 0 aliphatic heterocycles. The maximum absolute atomic E-state index is 9.83. The summed E-state index contributed by atoms with van der Waals surface area (Å²) in [6.07, 6.45) is 0.594. The van der Waals surface area contributed by atoms with Crippen LogP contribution in [0.1, 0.15) is 16.7 Å². The lowest BCUT2D eigenvalue weighted by atomic mass is 10.0. The summed E-state index contributed by atoms with van der Waals surface area (Å²) in [5.74, 6) is 1.07. The van der Waals surface area contributed by atoms with Gasteiger partial charge in [0.25, 0.3) is 0 Å². The van der Waals surface area contributed by atoms with Gasteiger partial charge in [-0.15, -0.1) is 0 Å². The van der Waals surface area contributed by atoms with Crippen LogP contribution in [0.5, 0.6) is 11.5 Å². The van der Waals surface area contributed by atoms with Crippen LogP contribution >= 0.6 is 11.6 Å². The molecule has 0 bridgehead atoms. The minimum absolute atomic E-state index is 0.253. The van der Waals surface area contributed by atoms with E-state index in [0.717, 1.165) is 22.4 Å². The Morgan fingerprint density at radius 2 is 1.89 bits per heavy atom. The molecule has 0 aliphatic carbocycles. The third-order valence-electron chi connectivity index (χ3n) is 2.86. The fourth-order valence-corrected chi connectivity index (χ4v) is 2.14. The first kappa shape index (κ1) is 12.8. The molecule has 94 valence electrons. The second-order valence-corrected chi connectivity index (χ2v) is 4.70. The molecule has 0 aromatic heterocycles. The molecule has 0 fully saturated rings. The average Bonchev–Trinajstić information content (AvgIpc) is 2.34. The molecule has 2 nitrogen and oxygen atoms in total.